The standard InChI is InChI=1S/C57H44N4O2/c1-57(2,3)40-32-33-58-52(34-40)61-50-36-43(29-30-47(50)56-55(61)53-44-23-11-10-20-39(44)28-31-51(53)63-56)62-42-22-14-21-41(35-42)59-48-26-12-13-27-49(48)60-54-45(37-16-6-4-7-17-37)24-15-25-46(54)38-18-8-5-9-19-38/h4-36,59-60H,1-3H3/i4D,5D,6D,7D,8D,9D,16D,17D,18D,19D. The first-order valence-electron chi connectivity index (χ1n) is 25.5. The molecule has 6 heteroatoms. The first kappa shape index (κ1) is 28.4. The topological polar surface area (TPSA) is 64.2 Å². The predicted octanol–water partition coefficient (Wildman–Crippen LogP) is 16.0. The summed E-state index contributed by atoms with van der Waals surface area (Å²) in [5.74, 6) is 1.84. The van der Waals surface area contributed by atoms with E-state index in [4.69, 9.17) is 27.8 Å². The summed E-state index contributed by atoms with van der Waals surface area (Å²) < 4.78 is 101. The first-order valence-corrected chi connectivity index (χ1v) is 20.5. The number of anilines is 4. The minimum atomic E-state index is -0.567. The maximum absolute atomic E-state index is 8.90. The third kappa shape index (κ3) is 7.01. The molecule has 0 bridgehead atoms. The molecule has 304 valence electrons. The van der Waals surface area contributed by atoms with Crippen molar-refractivity contribution in [3.05, 3.63) is 206 Å². The molecule has 11 rings (SSSR count). The monoisotopic (exact) mass is 826 g/mol. The van der Waals surface area contributed by atoms with Crippen LogP contribution < -0.4 is 15.4 Å². The van der Waals surface area contributed by atoms with Crippen molar-refractivity contribution in [2.75, 3.05) is 10.6 Å². The van der Waals surface area contributed by atoms with Crippen LogP contribution >= 0.6 is 0 Å². The molecule has 6 nitrogen and oxygen atoms in total. The SMILES string of the molecule is [2H]c1c([2H])c([2H])c(-c2cccc(-c3c([2H])c([2H])c([2H])c([2H])c3[2H])c2Nc2ccccc2Nc2cccc(Oc3ccc4c5oc6ccc7ccccc7c6c5n(-c5cc(C(C)(C)C)ccn5)c4c3)c2)c([2H])c1[2H]. The molecule has 0 saturated carbocycles. The van der Waals surface area contributed by atoms with Crippen LogP contribution in [0.2, 0.25) is 0 Å². The van der Waals surface area contributed by atoms with Crippen molar-refractivity contribution < 1.29 is 22.9 Å². The number of ether oxygens (including phenoxy) is 1. The zero-order valence-corrected chi connectivity index (χ0v) is 34.5. The van der Waals surface area contributed by atoms with E-state index in [0.29, 0.717) is 28.6 Å². The molecule has 0 aliphatic carbocycles. The Balaban J connectivity index is 0.990. The third-order valence-electron chi connectivity index (χ3n) is 11.2. The van der Waals surface area contributed by atoms with Gasteiger partial charge in [0.05, 0.1) is 41.7 Å². The molecule has 8 aromatic carbocycles. The molecular formula is C57H44N4O2. The summed E-state index contributed by atoms with van der Waals surface area (Å²) in [6.07, 6.45) is 1.85. The summed E-state index contributed by atoms with van der Waals surface area (Å²) in [5.41, 5.74) is 6.12. The maximum Gasteiger partial charge on any atom is 0.161 e. The molecule has 2 N–H and O–H groups in total. The van der Waals surface area contributed by atoms with Crippen LogP contribution in [0.5, 0.6) is 11.5 Å². The van der Waals surface area contributed by atoms with E-state index in [1.165, 1.54) is 0 Å². The first-order chi connectivity index (χ1) is 35.0. The molecule has 11 aromatic rings. The Morgan fingerprint density at radius 1 is 0.619 bits per heavy atom. The van der Waals surface area contributed by atoms with Gasteiger partial charge in [0.2, 0.25) is 0 Å². The van der Waals surface area contributed by atoms with Gasteiger partial charge in [-0.2, -0.15) is 0 Å². The minimum Gasteiger partial charge on any atom is -0.457 e. The summed E-state index contributed by atoms with van der Waals surface area (Å²) in [6, 6.07) is 36.6. The number of rotatable bonds is 9. The molecule has 0 spiro atoms. The number of para-hydroxylation sites is 3. The van der Waals surface area contributed by atoms with Gasteiger partial charge in [-0.25, -0.2) is 4.98 Å². The van der Waals surface area contributed by atoms with Gasteiger partial charge in [-0.05, 0) is 87.5 Å². The quantitative estimate of drug-likeness (QED) is 0.152. The van der Waals surface area contributed by atoms with Gasteiger partial charge in [-0.15, -0.1) is 0 Å². The number of nitrogens with zero attached hydrogens (tertiary/aromatic N) is 2. The molecule has 0 saturated heterocycles. The number of pyridine rings is 1. The highest BCUT2D eigenvalue weighted by molar-refractivity contribution is 6.24. The highest BCUT2D eigenvalue weighted by Crippen LogP contribution is 2.44. The van der Waals surface area contributed by atoms with E-state index >= 15 is 0 Å². The van der Waals surface area contributed by atoms with E-state index in [9.17, 15) is 0 Å². The summed E-state index contributed by atoms with van der Waals surface area (Å²) in [7, 11) is 0. The lowest BCUT2D eigenvalue weighted by Crippen LogP contribution is -2.12. The fourth-order valence-electron chi connectivity index (χ4n) is 8.20. The average molecular weight is 827 g/mol. The Bertz CT molecular complexity index is 3940. The van der Waals surface area contributed by atoms with E-state index in [2.05, 4.69) is 60.2 Å². The lowest BCUT2D eigenvalue weighted by Gasteiger charge is -2.20. The predicted molar refractivity (Wildman–Crippen MR) is 261 cm³/mol. The summed E-state index contributed by atoms with van der Waals surface area (Å²) in [5, 5.41) is 10.9. The van der Waals surface area contributed by atoms with Gasteiger partial charge in [-0.1, -0.05) is 148 Å². The van der Waals surface area contributed by atoms with Crippen LogP contribution in [0.1, 0.15) is 40.0 Å². The minimum absolute atomic E-state index is 0.131. The number of hydrogen-bond donors (Lipinski definition) is 2. The van der Waals surface area contributed by atoms with Crippen molar-refractivity contribution in [3.8, 4) is 39.6 Å². The van der Waals surface area contributed by atoms with Gasteiger partial charge >= 0.3 is 0 Å². The normalized spacial score (nSPS) is 14.0. The molecular weight excluding hydrogens is 773 g/mol. The Morgan fingerprint density at radius 3 is 2.05 bits per heavy atom. The summed E-state index contributed by atoms with van der Waals surface area (Å²) in [6.45, 7) is 6.54. The smallest absolute Gasteiger partial charge is 0.161 e. The number of aromatic nitrogens is 2. The Morgan fingerprint density at radius 2 is 1.30 bits per heavy atom. The summed E-state index contributed by atoms with van der Waals surface area (Å²) >= 11 is 0. The lowest BCUT2D eigenvalue weighted by molar-refractivity contribution is 0.483. The number of nitrogens with one attached hydrogen (secondary N) is 2. The Kier molecular flexibility index (Phi) is 6.96. The van der Waals surface area contributed by atoms with E-state index in [1.54, 1.807) is 30.3 Å². The second kappa shape index (κ2) is 15.4. The van der Waals surface area contributed by atoms with Crippen molar-refractivity contribution in [1.29, 1.82) is 0 Å². The van der Waals surface area contributed by atoms with Crippen LogP contribution in [0.25, 0.3) is 71.8 Å². The second-order valence-electron chi connectivity index (χ2n) is 16.3. The largest absolute Gasteiger partial charge is 0.457 e. The molecule has 3 heterocycles. The molecule has 0 radical (unpaired) electrons. The van der Waals surface area contributed by atoms with E-state index < -0.39 is 60.4 Å². The second-order valence-corrected chi connectivity index (χ2v) is 16.3. The van der Waals surface area contributed by atoms with Crippen LogP contribution in [0.3, 0.4) is 0 Å². The van der Waals surface area contributed by atoms with E-state index in [0.717, 1.165) is 55.1 Å². The van der Waals surface area contributed by atoms with Crippen molar-refractivity contribution in [2.24, 2.45) is 0 Å². The lowest BCUT2D eigenvalue weighted by atomic mass is 9.88. The van der Waals surface area contributed by atoms with Crippen LogP contribution in [0.15, 0.2) is 204 Å². The molecule has 0 amide bonds. The highest BCUT2D eigenvalue weighted by atomic mass is 16.5. The van der Waals surface area contributed by atoms with Crippen molar-refractivity contribution in [3.63, 3.8) is 0 Å². The molecule has 0 unspecified atom stereocenters. The van der Waals surface area contributed by atoms with Gasteiger partial charge in [0.25, 0.3) is 0 Å². The zero-order chi connectivity index (χ0) is 51.2. The molecule has 0 aliphatic heterocycles. The number of furan rings is 1. The van der Waals surface area contributed by atoms with Crippen LogP contribution in [-0.4, -0.2) is 9.55 Å². The van der Waals surface area contributed by atoms with Gasteiger partial charge in [-0.3, -0.25) is 4.57 Å². The number of benzene rings is 8. The van der Waals surface area contributed by atoms with Crippen LogP contribution in [-0.2, 0) is 5.41 Å². The molecule has 63 heavy (non-hydrogen) atoms. The molecule has 3 aromatic heterocycles. The van der Waals surface area contributed by atoms with Gasteiger partial charge < -0.3 is 19.8 Å². The van der Waals surface area contributed by atoms with Gasteiger partial charge in [0, 0.05) is 40.5 Å². The van der Waals surface area contributed by atoms with Crippen molar-refractivity contribution in [2.45, 2.75) is 26.2 Å². The Hall–Kier alpha value is -8.09. The van der Waals surface area contributed by atoms with Gasteiger partial charge in [0.1, 0.15) is 28.4 Å². The van der Waals surface area contributed by atoms with Gasteiger partial charge in [0.15, 0.2) is 5.58 Å². The molecule has 0 atom stereocenters. The van der Waals surface area contributed by atoms with E-state index in [1.807, 2.05) is 85.1 Å². The van der Waals surface area contributed by atoms with Crippen molar-refractivity contribution in [1.82, 2.24) is 9.55 Å². The average Bonchev–Trinajstić information content (AvgIpc) is 3.92. The molecule has 0 fully saturated rings. The third-order valence-corrected chi connectivity index (χ3v) is 11.2. The van der Waals surface area contributed by atoms with Crippen LogP contribution in [0, 0.1) is 0 Å². The maximum atomic E-state index is 8.90. The van der Waals surface area contributed by atoms with Crippen molar-refractivity contribution >= 4 is 66.5 Å². The number of hydrogen-bond acceptors (Lipinski definition) is 5. The highest BCUT2D eigenvalue weighted by Gasteiger charge is 2.24. The van der Waals surface area contributed by atoms with E-state index in [-0.39, 0.29) is 33.4 Å². The number of fused-ring (bicyclic) bond motifs is 7. The molecule has 0 aliphatic rings. The fraction of sp³-hybridized carbons (Fsp3) is 0.0702. The zero-order valence-electron chi connectivity index (χ0n) is 44.5. The van der Waals surface area contributed by atoms with Crippen LogP contribution in [0.4, 0.5) is 22.7 Å². The summed E-state index contributed by atoms with van der Waals surface area (Å²) in [4.78, 5) is 4.93. The Labute approximate surface area is 380 Å². The fourth-order valence-corrected chi connectivity index (χ4v) is 8.20.